The molecule has 8 heterocycles. The van der Waals surface area contributed by atoms with Crippen LogP contribution in [0.1, 0.15) is 115 Å². The minimum Gasteiger partial charge on any atom is -0.351 e. The summed E-state index contributed by atoms with van der Waals surface area (Å²) in [6, 6.07) is 32.5. The van der Waals surface area contributed by atoms with Crippen molar-refractivity contribution in [2.45, 2.75) is 118 Å². The number of para-hydroxylation sites is 1. The predicted molar refractivity (Wildman–Crippen MR) is 238 cm³/mol. The molecular formula is C52H55BN6. The van der Waals surface area contributed by atoms with E-state index in [2.05, 4.69) is 128 Å². The molecule has 4 aromatic rings. The fraction of sp³-hybridized carbons (Fsp3) is 0.442. The number of benzene rings is 2. The highest BCUT2D eigenvalue weighted by Crippen LogP contribution is 2.69. The van der Waals surface area contributed by atoms with Gasteiger partial charge in [0.15, 0.2) is 6.71 Å². The van der Waals surface area contributed by atoms with Crippen molar-refractivity contribution in [3.8, 4) is 0 Å². The summed E-state index contributed by atoms with van der Waals surface area (Å²) in [5, 5.41) is 8.44. The first-order valence-corrected chi connectivity index (χ1v) is 23.4. The van der Waals surface area contributed by atoms with Gasteiger partial charge < -0.3 is 25.0 Å². The number of hydrogen-bond acceptors (Lipinski definition) is 5. The van der Waals surface area contributed by atoms with Gasteiger partial charge in [-0.3, -0.25) is 4.98 Å². The first-order chi connectivity index (χ1) is 29.3. The van der Waals surface area contributed by atoms with Crippen LogP contribution in [0.5, 0.6) is 0 Å². The summed E-state index contributed by atoms with van der Waals surface area (Å²) in [6.45, 7) is 7.62. The summed E-state index contributed by atoms with van der Waals surface area (Å²) < 4.78 is 3.03. The zero-order valence-corrected chi connectivity index (χ0v) is 34.1. The van der Waals surface area contributed by atoms with E-state index in [-0.39, 0.29) is 0 Å². The minimum atomic E-state index is 0.356. The van der Waals surface area contributed by atoms with Gasteiger partial charge in [0.25, 0.3) is 0 Å². The number of rotatable bonds is 3. The number of pyridine rings is 1. The Balaban J connectivity index is 1.03. The molecule has 4 aliphatic carbocycles. The van der Waals surface area contributed by atoms with E-state index >= 15 is 0 Å². The van der Waals surface area contributed by atoms with E-state index < -0.39 is 0 Å². The van der Waals surface area contributed by atoms with E-state index in [1.165, 1.54) is 78.7 Å². The summed E-state index contributed by atoms with van der Waals surface area (Å²) in [4.78, 5) is 11.2. The number of aromatic nitrogens is 2. The van der Waals surface area contributed by atoms with Gasteiger partial charge in [-0.2, -0.15) is 0 Å². The Kier molecular flexibility index (Phi) is 7.36. The monoisotopic (exact) mass is 774 g/mol. The van der Waals surface area contributed by atoms with Gasteiger partial charge in [-0.15, -0.1) is 0 Å². The second kappa shape index (κ2) is 12.7. The van der Waals surface area contributed by atoms with Gasteiger partial charge in [0.1, 0.15) is 5.82 Å². The molecule has 10 aliphatic rings. The highest BCUT2D eigenvalue weighted by molar-refractivity contribution is 6.82. The molecule has 296 valence electrons. The molecule has 59 heavy (non-hydrogen) atoms. The lowest BCUT2D eigenvalue weighted by molar-refractivity contribution is 0.0725. The van der Waals surface area contributed by atoms with Crippen LogP contribution in [-0.4, -0.2) is 58.4 Å². The van der Waals surface area contributed by atoms with Gasteiger partial charge in [0.2, 0.25) is 0 Å². The highest BCUT2D eigenvalue weighted by Gasteiger charge is 2.68. The molecule has 12 unspecified atom stereocenters. The molecular weight excluding hydrogens is 719 g/mol. The third-order valence-electron chi connectivity index (χ3n) is 17.6. The van der Waals surface area contributed by atoms with E-state index in [9.17, 15) is 0 Å². The van der Waals surface area contributed by atoms with Gasteiger partial charge in [0.05, 0.1) is 6.04 Å². The fourth-order valence-electron chi connectivity index (χ4n) is 16.0. The number of nitrogens with one attached hydrogen (secondary N) is 2. The van der Waals surface area contributed by atoms with Crippen LogP contribution in [-0.2, 0) is 0 Å². The molecule has 0 spiro atoms. The second-order valence-electron chi connectivity index (χ2n) is 19.9. The number of fused-ring (bicyclic) bond motifs is 13. The SMILES string of the molecule is C=C1C=CC=C2B3C4CCNC5C6=C(N(c7ccccc7)C7CCCCC67)N(C6CC(c7ccccn7)CC(C36)n3c2c1c1c3C(c2ccccc2)C2CCCNC12)C45. The van der Waals surface area contributed by atoms with Crippen molar-refractivity contribution >= 4 is 23.4 Å². The first-order valence-electron chi connectivity index (χ1n) is 23.4. The molecule has 0 amide bonds. The van der Waals surface area contributed by atoms with Crippen LogP contribution in [0.3, 0.4) is 0 Å². The van der Waals surface area contributed by atoms with E-state index in [0.29, 0.717) is 78.3 Å². The Labute approximate surface area is 349 Å². The molecule has 2 aromatic carbocycles. The van der Waals surface area contributed by atoms with E-state index in [4.69, 9.17) is 11.6 Å². The molecule has 14 rings (SSSR count). The van der Waals surface area contributed by atoms with Gasteiger partial charge in [-0.25, -0.2) is 0 Å². The minimum absolute atomic E-state index is 0.356. The molecule has 2 saturated carbocycles. The largest absolute Gasteiger partial charge is 0.351 e. The zero-order chi connectivity index (χ0) is 38.5. The highest BCUT2D eigenvalue weighted by atomic mass is 15.4. The van der Waals surface area contributed by atoms with Crippen molar-refractivity contribution in [3.05, 3.63) is 155 Å². The predicted octanol–water partition coefficient (Wildman–Crippen LogP) is 9.66. The van der Waals surface area contributed by atoms with Crippen LogP contribution in [0.4, 0.5) is 5.69 Å². The van der Waals surface area contributed by atoms with Crippen LogP contribution in [0.25, 0.3) is 11.0 Å². The van der Waals surface area contributed by atoms with Gasteiger partial charge in [-0.1, -0.05) is 97.7 Å². The quantitative estimate of drug-likeness (QED) is 0.203. The van der Waals surface area contributed by atoms with Crippen LogP contribution in [0.15, 0.2) is 121 Å². The van der Waals surface area contributed by atoms with Crippen molar-refractivity contribution in [1.82, 2.24) is 25.1 Å². The summed E-state index contributed by atoms with van der Waals surface area (Å²) in [5.74, 6) is 4.64. The van der Waals surface area contributed by atoms with Crippen molar-refractivity contribution in [2.75, 3.05) is 18.0 Å². The molecule has 12 atom stereocenters. The maximum absolute atomic E-state index is 5.19. The van der Waals surface area contributed by atoms with Crippen molar-refractivity contribution in [2.24, 2.45) is 11.8 Å². The van der Waals surface area contributed by atoms with Crippen molar-refractivity contribution in [1.29, 1.82) is 0 Å². The number of nitrogens with zero attached hydrogens (tertiary/aromatic N) is 4. The van der Waals surface area contributed by atoms with Gasteiger partial charge in [-0.05, 0) is 122 Å². The number of hydrogen-bond donors (Lipinski definition) is 2. The molecule has 3 saturated heterocycles. The molecule has 5 fully saturated rings. The lowest BCUT2D eigenvalue weighted by Gasteiger charge is -2.63. The Morgan fingerprint density at radius 1 is 0.780 bits per heavy atom. The average molecular weight is 775 g/mol. The normalized spacial score (nSPS) is 36.8. The molecule has 6 aliphatic heterocycles. The third-order valence-corrected chi connectivity index (χ3v) is 17.6. The Hall–Kier alpha value is -4.59. The summed E-state index contributed by atoms with van der Waals surface area (Å²) in [6.07, 6.45) is 20.7. The lowest BCUT2D eigenvalue weighted by atomic mass is 9.22. The fourth-order valence-corrected chi connectivity index (χ4v) is 16.0. The maximum Gasteiger partial charge on any atom is 0.191 e. The average Bonchev–Trinajstić information content (AvgIpc) is 3.99. The van der Waals surface area contributed by atoms with Gasteiger partial charge in [0, 0.05) is 82.5 Å². The Morgan fingerprint density at radius 2 is 1.59 bits per heavy atom. The zero-order valence-electron chi connectivity index (χ0n) is 34.1. The first kappa shape index (κ1) is 34.2. The number of anilines is 1. The maximum atomic E-state index is 5.19. The van der Waals surface area contributed by atoms with Gasteiger partial charge >= 0.3 is 0 Å². The van der Waals surface area contributed by atoms with Crippen LogP contribution in [0, 0.1) is 11.8 Å². The second-order valence-corrected chi connectivity index (χ2v) is 19.9. The van der Waals surface area contributed by atoms with E-state index in [0.717, 1.165) is 25.9 Å². The lowest BCUT2D eigenvalue weighted by Crippen LogP contribution is -2.68. The molecule has 6 nitrogen and oxygen atoms in total. The molecule has 7 heteroatoms. The summed E-state index contributed by atoms with van der Waals surface area (Å²) in [5.41, 5.74) is 15.0. The smallest absolute Gasteiger partial charge is 0.191 e. The molecule has 2 aromatic heterocycles. The summed E-state index contributed by atoms with van der Waals surface area (Å²) in [7, 11) is 0. The molecule has 2 N–H and O–H groups in total. The third kappa shape index (κ3) is 4.49. The topological polar surface area (TPSA) is 48.4 Å². The number of piperidine rings is 2. The van der Waals surface area contributed by atoms with Crippen molar-refractivity contribution < 1.29 is 0 Å². The van der Waals surface area contributed by atoms with E-state index in [1.54, 1.807) is 28.1 Å². The Bertz CT molecular complexity index is 2470. The summed E-state index contributed by atoms with van der Waals surface area (Å²) >= 11 is 0. The van der Waals surface area contributed by atoms with E-state index in [1.807, 2.05) is 0 Å². The number of allylic oxidation sites excluding steroid dienone is 4. The van der Waals surface area contributed by atoms with Crippen molar-refractivity contribution in [3.63, 3.8) is 0 Å². The molecule has 0 bridgehead atoms. The molecule has 0 radical (unpaired) electrons. The van der Waals surface area contributed by atoms with Crippen LogP contribution >= 0.6 is 0 Å². The van der Waals surface area contributed by atoms with Crippen LogP contribution < -0.4 is 15.5 Å². The van der Waals surface area contributed by atoms with Crippen LogP contribution in [0.2, 0.25) is 11.6 Å². The Morgan fingerprint density at radius 3 is 2.46 bits per heavy atom. The standard InChI is InChI=1S/C52H55BN6/c1-30-14-12-21-36-49-42(30)45-47-35(20-13-26-55-47)43(31-15-4-2-5-16-31)51(45)58(49)40-28-32(38-22-10-11-25-54-38)29-41-46(40)53(36)37-24-27-56-48-44-34-19-8-9-23-39(34)57(33-17-6-3-7-18-33)52(44)59(41)50(37)48/h2-7,10-12,14-18,21-22,25,32,34-35,37,39-41,43,46-48,50,55-56H,1,8-9,13,19-20,23-24,26-29H2.